The molecule has 0 aromatic heterocycles. The van der Waals surface area contributed by atoms with E-state index in [0.717, 1.165) is 17.4 Å². The van der Waals surface area contributed by atoms with Crippen LogP contribution in [0.4, 0.5) is 0 Å². The molecule has 18 heavy (non-hydrogen) atoms. The largest absolute Gasteiger partial charge is 0.101 e. The van der Waals surface area contributed by atoms with Crippen molar-refractivity contribution in [3.05, 3.63) is 35.4 Å². The SMILES string of the molecule is CC#Cc1ccc([C@H]2CC[C@H](CCC)CC2)cc1. The molecule has 0 amide bonds. The van der Waals surface area contributed by atoms with Crippen LogP contribution in [0.1, 0.15) is 69.4 Å². The first-order chi connectivity index (χ1) is 8.83. The second-order valence-electron chi connectivity index (χ2n) is 5.50. The van der Waals surface area contributed by atoms with E-state index in [9.17, 15) is 0 Å². The maximum Gasteiger partial charge on any atom is 0.0245 e. The molecule has 2 rings (SSSR count). The van der Waals surface area contributed by atoms with Crippen molar-refractivity contribution in [1.29, 1.82) is 0 Å². The van der Waals surface area contributed by atoms with E-state index in [-0.39, 0.29) is 0 Å². The quantitative estimate of drug-likeness (QED) is 0.642. The zero-order valence-electron chi connectivity index (χ0n) is 11.7. The molecule has 1 saturated carbocycles. The molecule has 0 radical (unpaired) electrons. The lowest BCUT2D eigenvalue weighted by Gasteiger charge is -2.28. The normalized spacial score (nSPS) is 23.2. The molecule has 0 spiro atoms. The maximum absolute atomic E-state index is 3.11. The molecule has 0 bridgehead atoms. The molecular weight excluding hydrogens is 216 g/mol. The van der Waals surface area contributed by atoms with Crippen LogP contribution < -0.4 is 0 Å². The van der Waals surface area contributed by atoms with Gasteiger partial charge in [0.1, 0.15) is 0 Å². The van der Waals surface area contributed by atoms with E-state index in [1.165, 1.54) is 44.1 Å². The first-order valence-electron chi connectivity index (χ1n) is 7.36. The van der Waals surface area contributed by atoms with Gasteiger partial charge in [-0.2, -0.15) is 0 Å². The van der Waals surface area contributed by atoms with Crippen LogP contribution >= 0.6 is 0 Å². The van der Waals surface area contributed by atoms with Gasteiger partial charge in [0.05, 0.1) is 0 Å². The number of hydrogen-bond acceptors (Lipinski definition) is 0. The highest BCUT2D eigenvalue weighted by Gasteiger charge is 2.21. The summed E-state index contributed by atoms with van der Waals surface area (Å²) in [5.74, 6) is 7.85. The monoisotopic (exact) mass is 240 g/mol. The van der Waals surface area contributed by atoms with Crippen molar-refractivity contribution in [1.82, 2.24) is 0 Å². The van der Waals surface area contributed by atoms with Gasteiger partial charge in [0, 0.05) is 5.56 Å². The molecule has 0 atom stereocenters. The Morgan fingerprint density at radius 1 is 1.06 bits per heavy atom. The second-order valence-corrected chi connectivity index (χ2v) is 5.50. The maximum atomic E-state index is 3.11. The van der Waals surface area contributed by atoms with Crippen LogP contribution in [-0.2, 0) is 0 Å². The van der Waals surface area contributed by atoms with Crippen LogP contribution in [0.25, 0.3) is 0 Å². The number of hydrogen-bond donors (Lipinski definition) is 0. The second kappa shape index (κ2) is 6.64. The lowest BCUT2D eigenvalue weighted by molar-refractivity contribution is 0.308. The van der Waals surface area contributed by atoms with Crippen LogP contribution in [0.2, 0.25) is 0 Å². The third-order valence-electron chi connectivity index (χ3n) is 4.20. The molecule has 1 fully saturated rings. The highest BCUT2D eigenvalue weighted by Crippen LogP contribution is 2.37. The summed E-state index contributed by atoms with van der Waals surface area (Å²) in [4.78, 5) is 0. The Kier molecular flexibility index (Phi) is 4.88. The van der Waals surface area contributed by atoms with Crippen molar-refractivity contribution in [2.45, 2.75) is 58.3 Å². The molecule has 0 N–H and O–H groups in total. The standard InChI is InChI=1S/C18H24/c1-3-5-15-7-11-17(12-8-15)18-13-9-16(6-4-2)10-14-18/h9-10,13-15,17H,3,5,7-8,11-12H2,1-2H3/t15-,17-. The molecule has 1 aliphatic carbocycles. The van der Waals surface area contributed by atoms with Gasteiger partial charge in [0.25, 0.3) is 0 Å². The Morgan fingerprint density at radius 3 is 2.28 bits per heavy atom. The summed E-state index contributed by atoms with van der Waals surface area (Å²) in [6.07, 6.45) is 8.38. The smallest absolute Gasteiger partial charge is 0.0245 e. The van der Waals surface area contributed by atoms with Gasteiger partial charge in [-0.25, -0.2) is 0 Å². The molecule has 0 saturated heterocycles. The summed E-state index contributed by atoms with van der Waals surface area (Å²) in [5, 5.41) is 0. The van der Waals surface area contributed by atoms with Crippen LogP contribution in [0.5, 0.6) is 0 Å². The third kappa shape index (κ3) is 3.39. The minimum absolute atomic E-state index is 0.793. The molecule has 1 aromatic carbocycles. The minimum Gasteiger partial charge on any atom is -0.101 e. The van der Waals surface area contributed by atoms with E-state index in [1.807, 2.05) is 6.92 Å². The predicted molar refractivity (Wildman–Crippen MR) is 78.6 cm³/mol. The van der Waals surface area contributed by atoms with E-state index in [2.05, 4.69) is 43.0 Å². The molecule has 1 aromatic rings. The lowest BCUT2D eigenvalue weighted by atomic mass is 9.77. The van der Waals surface area contributed by atoms with Crippen molar-refractivity contribution in [3.63, 3.8) is 0 Å². The summed E-state index contributed by atoms with van der Waals surface area (Å²) >= 11 is 0. The Balaban J connectivity index is 1.94. The topological polar surface area (TPSA) is 0 Å². The van der Waals surface area contributed by atoms with Crippen LogP contribution in [0, 0.1) is 17.8 Å². The van der Waals surface area contributed by atoms with E-state index in [1.54, 1.807) is 0 Å². The van der Waals surface area contributed by atoms with Gasteiger partial charge >= 0.3 is 0 Å². The zero-order chi connectivity index (χ0) is 12.8. The number of rotatable bonds is 3. The van der Waals surface area contributed by atoms with Gasteiger partial charge in [-0.05, 0) is 62.1 Å². The van der Waals surface area contributed by atoms with Crippen molar-refractivity contribution < 1.29 is 0 Å². The first kappa shape index (κ1) is 13.2. The minimum atomic E-state index is 0.793. The third-order valence-corrected chi connectivity index (χ3v) is 4.20. The van der Waals surface area contributed by atoms with Crippen LogP contribution in [-0.4, -0.2) is 0 Å². The summed E-state index contributed by atoms with van der Waals surface area (Å²) in [7, 11) is 0. The van der Waals surface area contributed by atoms with Crippen molar-refractivity contribution in [3.8, 4) is 11.8 Å². The zero-order valence-corrected chi connectivity index (χ0v) is 11.7. The predicted octanol–water partition coefficient (Wildman–Crippen LogP) is 5.13. The highest BCUT2D eigenvalue weighted by atomic mass is 14.3. The summed E-state index contributed by atoms with van der Waals surface area (Å²) in [6.45, 7) is 4.20. The molecule has 0 heteroatoms. The van der Waals surface area contributed by atoms with Gasteiger partial charge in [0.2, 0.25) is 0 Å². The first-order valence-corrected chi connectivity index (χ1v) is 7.36. The summed E-state index contributed by atoms with van der Waals surface area (Å²) < 4.78 is 0. The van der Waals surface area contributed by atoms with Crippen molar-refractivity contribution in [2.24, 2.45) is 5.92 Å². The molecular formula is C18H24. The fourth-order valence-electron chi connectivity index (χ4n) is 3.18. The highest BCUT2D eigenvalue weighted by molar-refractivity contribution is 5.36. The van der Waals surface area contributed by atoms with E-state index in [0.29, 0.717) is 0 Å². The fraction of sp³-hybridized carbons (Fsp3) is 0.556. The molecule has 96 valence electrons. The van der Waals surface area contributed by atoms with Gasteiger partial charge in [0.15, 0.2) is 0 Å². The lowest BCUT2D eigenvalue weighted by Crippen LogP contribution is -2.13. The van der Waals surface area contributed by atoms with Crippen LogP contribution in [0.3, 0.4) is 0 Å². The average Bonchev–Trinajstić information content (AvgIpc) is 2.41. The molecule has 1 aliphatic rings. The average molecular weight is 240 g/mol. The Labute approximate surface area is 112 Å². The van der Waals surface area contributed by atoms with Gasteiger partial charge in [-0.3, -0.25) is 0 Å². The van der Waals surface area contributed by atoms with E-state index < -0.39 is 0 Å². The van der Waals surface area contributed by atoms with Crippen molar-refractivity contribution >= 4 is 0 Å². The fourth-order valence-corrected chi connectivity index (χ4v) is 3.18. The van der Waals surface area contributed by atoms with E-state index >= 15 is 0 Å². The van der Waals surface area contributed by atoms with Crippen molar-refractivity contribution in [2.75, 3.05) is 0 Å². The summed E-state index contributed by atoms with van der Waals surface area (Å²) in [6, 6.07) is 8.91. The van der Waals surface area contributed by atoms with E-state index in [4.69, 9.17) is 0 Å². The molecule has 0 unspecified atom stereocenters. The van der Waals surface area contributed by atoms with Gasteiger partial charge in [-0.1, -0.05) is 37.8 Å². The Bertz CT molecular complexity index is 408. The molecule has 0 nitrogen and oxygen atoms in total. The molecule has 0 heterocycles. The van der Waals surface area contributed by atoms with Gasteiger partial charge in [-0.15, -0.1) is 5.92 Å². The van der Waals surface area contributed by atoms with Crippen LogP contribution in [0.15, 0.2) is 24.3 Å². The van der Waals surface area contributed by atoms with Gasteiger partial charge < -0.3 is 0 Å². The Hall–Kier alpha value is -1.22. The number of benzene rings is 1. The summed E-state index contributed by atoms with van der Waals surface area (Å²) in [5.41, 5.74) is 2.66. The molecule has 0 aliphatic heterocycles. The Morgan fingerprint density at radius 2 is 1.72 bits per heavy atom.